The fraction of sp³-hybridized carbons (Fsp3) is 0.650. The van der Waals surface area contributed by atoms with E-state index >= 15 is 0 Å². The summed E-state index contributed by atoms with van der Waals surface area (Å²) in [6.07, 6.45) is 3.44. The minimum absolute atomic E-state index is 0.137. The van der Waals surface area contributed by atoms with Crippen LogP contribution in [0.15, 0.2) is 24.4 Å². The molecule has 0 spiro atoms. The maximum absolute atomic E-state index is 13.0. The summed E-state index contributed by atoms with van der Waals surface area (Å²) in [5, 5.41) is 2.97. The molecule has 3 heterocycles. The molecule has 0 bridgehead atoms. The van der Waals surface area contributed by atoms with Crippen molar-refractivity contribution < 1.29 is 14.3 Å². The highest BCUT2D eigenvalue weighted by molar-refractivity contribution is 5.92. The second kappa shape index (κ2) is 8.80. The number of piperidine rings is 1. The number of hydrogen-bond donors (Lipinski definition) is 1. The van der Waals surface area contributed by atoms with E-state index in [0.29, 0.717) is 31.4 Å². The van der Waals surface area contributed by atoms with E-state index in [2.05, 4.69) is 15.2 Å². The lowest BCUT2D eigenvalue weighted by Gasteiger charge is -2.43. The highest BCUT2D eigenvalue weighted by Gasteiger charge is 2.39. The van der Waals surface area contributed by atoms with Crippen LogP contribution in [-0.2, 0) is 9.53 Å². The number of carbonyl (C=O) groups excluding carboxylic acids is 2. The van der Waals surface area contributed by atoms with Crippen LogP contribution in [0.2, 0.25) is 0 Å². The molecule has 0 aromatic carbocycles. The van der Waals surface area contributed by atoms with E-state index in [9.17, 15) is 9.59 Å². The minimum atomic E-state index is -0.496. The van der Waals surface area contributed by atoms with Gasteiger partial charge in [0.1, 0.15) is 5.69 Å². The van der Waals surface area contributed by atoms with Gasteiger partial charge in [0.2, 0.25) is 5.91 Å². The van der Waals surface area contributed by atoms with Gasteiger partial charge < -0.3 is 15.0 Å². The molecule has 2 fully saturated rings. The molecule has 0 unspecified atom stereocenters. The number of hydrogen-bond acceptors (Lipinski definition) is 5. The molecule has 1 aromatic rings. The third-order valence-electron chi connectivity index (χ3n) is 5.68. The van der Waals surface area contributed by atoms with Gasteiger partial charge in [-0.1, -0.05) is 6.07 Å². The summed E-state index contributed by atoms with van der Waals surface area (Å²) in [5.74, 6) is 0.455. The number of aromatic nitrogens is 1. The second-order valence-electron chi connectivity index (χ2n) is 7.82. The molecule has 7 heteroatoms. The van der Waals surface area contributed by atoms with Crippen molar-refractivity contribution in [1.29, 1.82) is 0 Å². The van der Waals surface area contributed by atoms with Crippen molar-refractivity contribution in [3.05, 3.63) is 30.1 Å². The lowest BCUT2D eigenvalue weighted by Crippen LogP contribution is -2.60. The summed E-state index contributed by atoms with van der Waals surface area (Å²) in [6, 6.07) is 5.31. The van der Waals surface area contributed by atoms with Crippen LogP contribution in [-0.4, -0.2) is 78.1 Å². The van der Waals surface area contributed by atoms with Crippen molar-refractivity contribution in [2.75, 3.05) is 45.9 Å². The fourth-order valence-corrected chi connectivity index (χ4v) is 3.81. The van der Waals surface area contributed by atoms with Gasteiger partial charge in [0.05, 0.1) is 18.8 Å². The molecule has 3 rings (SSSR count). The van der Waals surface area contributed by atoms with Crippen LogP contribution < -0.4 is 5.32 Å². The maximum atomic E-state index is 13.0. The Morgan fingerprint density at radius 2 is 1.89 bits per heavy atom. The molecule has 7 nitrogen and oxygen atoms in total. The van der Waals surface area contributed by atoms with Gasteiger partial charge >= 0.3 is 0 Å². The number of ether oxygens (including phenoxy) is 1. The molecule has 2 saturated heterocycles. The van der Waals surface area contributed by atoms with E-state index in [1.165, 1.54) is 0 Å². The Bertz CT molecular complexity index is 636. The standard InChI is InChI=1S/C20H30N4O3/c1-20(2,24-11-13-27-14-12-24)19(26)23-9-6-16(7-10-23)15-22-18(25)17-5-3-4-8-21-17/h3-5,8,16H,6-7,9-15H2,1-2H3,(H,22,25). The van der Waals surface area contributed by atoms with Crippen molar-refractivity contribution in [3.8, 4) is 0 Å². The monoisotopic (exact) mass is 374 g/mol. The van der Waals surface area contributed by atoms with Crippen molar-refractivity contribution in [1.82, 2.24) is 20.1 Å². The number of carbonyl (C=O) groups is 2. The van der Waals surface area contributed by atoms with E-state index in [1.54, 1.807) is 18.3 Å². The number of nitrogens with zero attached hydrogens (tertiary/aromatic N) is 3. The van der Waals surface area contributed by atoms with Crippen LogP contribution in [0.3, 0.4) is 0 Å². The Morgan fingerprint density at radius 3 is 2.52 bits per heavy atom. The highest BCUT2D eigenvalue weighted by Crippen LogP contribution is 2.23. The molecule has 2 aliphatic rings. The predicted molar refractivity (Wildman–Crippen MR) is 102 cm³/mol. The second-order valence-corrected chi connectivity index (χ2v) is 7.82. The molecular weight excluding hydrogens is 344 g/mol. The van der Waals surface area contributed by atoms with Crippen LogP contribution in [0, 0.1) is 5.92 Å². The Kier molecular flexibility index (Phi) is 6.44. The SMILES string of the molecule is CC(C)(C(=O)N1CCC(CNC(=O)c2ccccn2)CC1)N1CCOCC1. The smallest absolute Gasteiger partial charge is 0.269 e. The Hall–Kier alpha value is -1.99. The number of nitrogens with one attached hydrogen (secondary N) is 1. The molecule has 27 heavy (non-hydrogen) atoms. The quantitative estimate of drug-likeness (QED) is 0.837. The van der Waals surface area contributed by atoms with Gasteiger partial charge in [-0.15, -0.1) is 0 Å². The molecule has 0 atom stereocenters. The van der Waals surface area contributed by atoms with Gasteiger partial charge in [-0.25, -0.2) is 0 Å². The Balaban J connectivity index is 1.45. The fourth-order valence-electron chi connectivity index (χ4n) is 3.81. The minimum Gasteiger partial charge on any atom is -0.379 e. The largest absolute Gasteiger partial charge is 0.379 e. The Labute approximate surface area is 161 Å². The zero-order valence-electron chi connectivity index (χ0n) is 16.3. The lowest BCUT2D eigenvalue weighted by molar-refractivity contribution is -0.147. The van der Waals surface area contributed by atoms with E-state index in [0.717, 1.165) is 39.0 Å². The first-order valence-electron chi connectivity index (χ1n) is 9.80. The summed E-state index contributed by atoms with van der Waals surface area (Å²) in [7, 11) is 0. The van der Waals surface area contributed by atoms with E-state index in [1.807, 2.05) is 24.8 Å². The zero-order chi connectivity index (χ0) is 19.3. The molecule has 1 aromatic heterocycles. The number of amides is 2. The molecule has 0 radical (unpaired) electrons. The number of likely N-dealkylation sites (tertiary alicyclic amines) is 1. The van der Waals surface area contributed by atoms with Gasteiger partial charge in [0, 0.05) is 38.9 Å². The van der Waals surface area contributed by atoms with Gasteiger partial charge in [-0.05, 0) is 44.7 Å². The third-order valence-corrected chi connectivity index (χ3v) is 5.68. The van der Waals surface area contributed by atoms with Crippen LogP contribution in [0.1, 0.15) is 37.2 Å². The first-order chi connectivity index (χ1) is 13.0. The van der Waals surface area contributed by atoms with Crippen molar-refractivity contribution in [2.24, 2.45) is 5.92 Å². The van der Waals surface area contributed by atoms with Crippen LogP contribution >= 0.6 is 0 Å². The van der Waals surface area contributed by atoms with E-state index < -0.39 is 5.54 Å². The molecule has 1 N–H and O–H groups in total. The van der Waals surface area contributed by atoms with Crippen LogP contribution in [0.4, 0.5) is 0 Å². The molecule has 0 aliphatic carbocycles. The predicted octanol–water partition coefficient (Wildman–Crippen LogP) is 1.16. The molecule has 148 valence electrons. The zero-order valence-corrected chi connectivity index (χ0v) is 16.3. The average molecular weight is 374 g/mol. The van der Waals surface area contributed by atoms with Gasteiger partial charge in [-0.2, -0.15) is 0 Å². The van der Waals surface area contributed by atoms with Gasteiger partial charge in [0.25, 0.3) is 5.91 Å². The Morgan fingerprint density at radius 1 is 1.19 bits per heavy atom. The normalized spacial score (nSPS) is 19.7. The van der Waals surface area contributed by atoms with Crippen molar-refractivity contribution in [3.63, 3.8) is 0 Å². The van der Waals surface area contributed by atoms with Crippen molar-refractivity contribution in [2.45, 2.75) is 32.2 Å². The summed E-state index contributed by atoms with van der Waals surface area (Å²) in [6.45, 7) is 9.13. The van der Waals surface area contributed by atoms with E-state index in [-0.39, 0.29) is 11.8 Å². The highest BCUT2D eigenvalue weighted by atomic mass is 16.5. The van der Waals surface area contributed by atoms with Crippen LogP contribution in [0.25, 0.3) is 0 Å². The third kappa shape index (κ3) is 4.84. The molecule has 2 aliphatic heterocycles. The average Bonchev–Trinajstić information content (AvgIpc) is 2.73. The summed E-state index contributed by atoms with van der Waals surface area (Å²) in [5.41, 5.74) is -0.0542. The number of rotatable bonds is 5. The van der Waals surface area contributed by atoms with Gasteiger partial charge in [-0.3, -0.25) is 19.5 Å². The molecule has 0 saturated carbocycles. The first-order valence-corrected chi connectivity index (χ1v) is 9.80. The first kappa shape index (κ1) is 19.8. The van der Waals surface area contributed by atoms with E-state index in [4.69, 9.17) is 4.74 Å². The van der Waals surface area contributed by atoms with Crippen molar-refractivity contribution >= 4 is 11.8 Å². The lowest BCUT2D eigenvalue weighted by atomic mass is 9.93. The number of pyridine rings is 1. The topological polar surface area (TPSA) is 74.8 Å². The van der Waals surface area contributed by atoms with Crippen LogP contribution in [0.5, 0.6) is 0 Å². The maximum Gasteiger partial charge on any atom is 0.269 e. The summed E-state index contributed by atoms with van der Waals surface area (Å²) < 4.78 is 5.41. The summed E-state index contributed by atoms with van der Waals surface area (Å²) in [4.78, 5) is 33.4. The summed E-state index contributed by atoms with van der Waals surface area (Å²) >= 11 is 0. The molecular formula is C20H30N4O3. The molecule has 2 amide bonds. The van der Waals surface area contributed by atoms with Gasteiger partial charge in [0.15, 0.2) is 0 Å². The number of morpholine rings is 1.